The number of benzene rings is 2. The smallest absolute Gasteiger partial charge is 0.307 e. The number of rotatable bonds is 11. The van der Waals surface area contributed by atoms with Crippen molar-refractivity contribution in [1.29, 1.82) is 0 Å². The van der Waals surface area contributed by atoms with E-state index in [4.69, 9.17) is 9.84 Å². The van der Waals surface area contributed by atoms with E-state index in [2.05, 4.69) is 0 Å². The molecular formula is C22H25FO5S. The Kier molecular flexibility index (Phi) is 8.51. The molecule has 0 atom stereocenters. The number of carboxylic acids is 1. The number of halogens is 1. The number of hydrogen-bond donors (Lipinski definition) is 2. The van der Waals surface area contributed by atoms with Crippen molar-refractivity contribution in [2.24, 2.45) is 0 Å². The molecule has 0 heterocycles. The lowest BCUT2D eigenvalue weighted by atomic mass is 10.0. The Morgan fingerprint density at radius 3 is 2.59 bits per heavy atom. The second kappa shape index (κ2) is 10.9. The fourth-order valence-corrected chi connectivity index (χ4v) is 3.74. The molecule has 0 spiro atoms. The Balaban J connectivity index is 1.90. The Labute approximate surface area is 173 Å². The van der Waals surface area contributed by atoms with Crippen LogP contribution in [0.15, 0.2) is 35.2 Å². The minimum Gasteiger partial charge on any atom is -0.507 e. The molecular weight excluding hydrogens is 395 g/mol. The molecule has 7 heteroatoms. The van der Waals surface area contributed by atoms with Crippen molar-refractivity contribution in [2.75, 3.05) is 12.4 Å². The summed E-state index contributed by atoms with van der Waals surface area (Å²) in [5.41, 5.74) is 1.35. The Morgan fingerprint density at radius 2 is 1.97 bits per heavy atom. The molecule has 156 valence electrons. The van der Waals surface area contributed by atoms with Crippen LogP contribution in [0.5, 0.6) is 11.5 Å². The topological polar surface area (TPSA) is 83.8 Å². The normalized spacial score (nSPS) is 10.7. The number of thioether (sulfide) groups is 1. The highest BCUT2D eigenvalue weighted by molar-refractivity contribution is 7.99. The van der Waals surface area contributed by atoms with Crippen LogP contribution in [0.1, 0.15) is 48.2 Å². The third-order valence-electron chi connectivity index (χ3n) is 4.27. The van der Waals surface area contributed by atoms with Gasteiger partial charge in [-0.3, -0.25) is 9.59 Å². The maximum Gasteiger partial charge on any atom is 0.307 e. The van der Waals surface area contributed by atoms with Crippen molar-refractivity contribution < 1.29 is 28.9 Å². The summed E-state index contributed by atoms with van der Waals surface area (Å²) in [4.78, 5) is 22.8. The Hall–Kier alpha value is -2.54. The molecule has 0 saturated carbocycles. The van der Waals surface area contributed by atoms with Gasteiger partial charge in [0.05, 0.1) is 18.6 Å². The lowest BCUT2D eigenvalue weighted by Gasteiger charge is -2.14. The first-order valence-electron chi connectivity index (χ1n) is 9.45. The quantitative estimate of drug-likeness (QED) is 0.306. The van der Waals surface area contributed by atoms with Crippen molar-refractivity contribution in [3.8, 4) is 11.5 Å². The minimum absolute atomic E-state index is 0.0188. The summed E-state index contributed by atoms with van der Waals surface area (Å²) in [6, 6.07) is 7.73. The first kappa shape index (κ1) is 22.7. The van der Waals surface area contributed by atoms with Crippen LogP contribution in [0.2, 0.25) is 0 Å². The first-order chi connectivity index (χ1) is 13.8. The highest BCUT2D eigenvalue weighted by atomic mass is 32.2. The molecule has 2 rings (SSSR count). The number of phenolic OH excluding ortho intramolecular Hbond substituents is 1. The highest BCUT2D eigenvalue weighted by Gasteiger charge is 2.16. The summed E-state index contributed by atoms with van der Waals surface area (Å²) in [6.45, 7) is 3.79. The van der Waals surface area contributed by atoms with E-state index < -0.39 is 11.8 Å². The fourth-order valence-electron chi connectivity index (χ4n) is 2.90. The SMILES string of the molecule is CCCc1c(OCCCSc2ccc(CC(=O)O)cc2F)ccc(C(C)=O)c1O. The zero-order valence-corrected chi connectivity index (χ0v) is 17.4. The predicted molar refractivity (Wildman–Crippen MR) is 111 cm³/mol. The Morgan fingerprint density at radius 1 is 1.21 bits per heavy atom. The molecule has 2 aromatic rings. The number of Topliss-reactive ketones (excluding diaryl/α,β-unsaturated/α-hetero) is 1. The van der Waals surface area contributed by atoms with E-state index >= 15 is 0 Å². The van der Waals surface area contributed by atoms with Crippen LogP contribution in [-0.2, 0) is 17.6 Å². The Bertz CT molecular complexity index is 882. The van der Waals surface area contributed by atoms with E-state index in [0.29, 0.717) is 47.0 Å². The van der Waals surface area contributed by atoms with Crippen LogP contribution in [0, 0.1) is 5.82 Å². The summed E-state index contributed by atoms with van der Waals surface area (Å²) in [6.07, 6.45) is 1.86. The number of carbonyl (C=O) groups is 2. The predicted octanol–water partition coefficient (Wildman–Crippen LogP) is 4.87. The summed E-state index contributed by atoms with van der Waals surface area (Å²) in [7, 11) is 0. The third-order valence-corrected chi connectivity index (χ3v) is 5.41. The van der Waals surface area contributed by atoms with Gasteiger partial charge in [0.1, 0.15) is 17.3 Å². The molecule has 0 aliphatic heterocycles. The molecule has 0 fully saturated rings. The molecule has 0 unspecified atom stereocenters. The van der Waals surface area contributed by atoms with Crippen LogP contribution < -0.4 is 4.74 Å². The molecule has 0 aliphatic carbocycles. The average Bonchev–Trinajstić information content (AvgIpc) is 2.64. The molecule has 0 aliphatic rings. The largest absolute Gasteiger partial charge is 0.507 e. The monoisotopic (exact) mass is 420 g/mol. The summed E-state index contributed by atoms with van der Waals surface area (Å²) >= 11 is 1.34. The number of phenols is 1. The van der Waals surface area contributed by atoms with Crippen molar-refractivity contribution in [3.63, 3.8) is 0 Å². The van der Waals surface area contributed by atoms with Crippen LogP contribution in [-0.4, -0.2) is 34.3 Å². The van der Waals surface area contributed by atoms with Crippen LogP contribution in [0.25, 0.3) is 0 Å². The van der Waals surface area contributed by atoms with Gasteiger partial charge in [-0.25, -0.2) is 4.39 Å². The van der Waals surface area contributed by atoms with Gasteiger partial charge in [-0.15, -0.1) is 11.8 Å². The number of hydrogen-bond acceptors (Lipinski definition) is 5. The van der Waals surface area contributed by atoms with Crippen molar-refractivity contribution in [1.82, 2.24) is 0 Å². The van der Waals surface area contributed by atoms with Crippen LogP contribution in [0.3, 0.4) is 0 Å². The van der Waals surface area contributed by atoms with E-state index in [1.54, 1.807) is 24.3 Å². The van der Waals surface area contributed by atoms with Gasteiger partial charge in [0.15, 0.2) is 5.78 Å². The van der Waals surface area contributed by atoms with Crippen LogP contribution in [0.4, 0.5) is 4.39 Å². The lowest BCUT2D eigenvalue weighted by Crippen LogP contribution is -2.04. The first-order valence-corrected chi connectivity index (χ1v) is 10.4. The zero-order valence-electron chi connectivity index (χ0n) is 16.5. The molecule has 2 N–H and O–H groups in total. The van der Waals surface area contributed by atoms with Gasteiger partial charge in [0.25, 0.3) is 0 Å². The number of aliphatic carboxylic acids is 1. The van der Waals surface area contributed by atoms with Gasteiger partial charge < -0.3 is 14.9 Å². The number of ether oxygens (including phenoxy) is 1. The van der Waals surface area contributed by atoms with Gasteiger partial charge in [-0.2, -0.15) is 0 Å². The van der Waals surface area contributed by atoms with E-state index in [1.165, 1.54) is 24.8 Å². The number of ketones is 1. The van der Waals surface area contributed by atoms with Gasteiger partial charge in [0.2, 0.25) is 0 Å². The third kappa shape index (κ3) is 6.49. The standard InChI is InChI=1S/C22H25FO5S/c1-3-5-17-19(8-7-16(14(2)24)22(17)27)28-10-4-11-29-20-9-6-15(12-18(20)23)13-21(25)26/h6-9,12,27H,3-5,10-11,13H2,1-2H3,(H,25,26). The van der Waals surface area contributed by atoms with Gasteiger partial charge in [-0.05, 0) is 49.6 Å². The maximum atomic E-state index is 14.1. The lowest BCUT2D eigenvalue weighted by molar-refractivity contribution is -0.136. The van der Waals surface area contributed by atoms with E-state index in [9.17, 15) is 19.1 Å². The minimum atomic E-state index is -0.994. The molecule has 5 nitrogen and oxygen atoms in total. The van der Waals surface area contributed by atoms with E-state index in [1.807, 2.05) is 6.92 Å². The average molecular weight is 421 g/mol. The summed E-state index contributed by atoms with van der Waals surface area (Å²) in [5.74, 6) is -0.454. The fraction of sp³-hybridized carbons (Fsp3) is 0.364. The second-order valence-corrected chi connectivity index (χ2v) is 7.77. The molecule has 29 heavy (non-hydrogen) atoms. The van der Waals surface area contributed by atoms with Crippen molar-refractivity contribution in [2.45, 2.75) is 44.4 Å². The van der Waals surface area contributed by atoms with Gasteiger partial charge in [-0.1, -0.05) is 19.4 Å². The summed E-state index contributed by atoms with van der Waals surface area (Å²) < 4.78 is 19.9. The molecule has 0 aromatic heterocycles. The molecule has 0 saturated heterocycles. The molecule has 0 radical (unpaired) electrons. The van der Waals surface area contributed by atoms with Crippen molar-refractivity contribution >= 4 is 23.5 Å². The molecule has 0 amide bonds. The van der Waals surface area contributed by atoms with Gasteiger partial charge >= 0.3 is 5.97 Å². The number of carboxylic acid groups (broad SMARTS) is 1. The van der Waals surface area contributed by atoms with E-state index in [-0.39, 0.29) is 23.5 Å². The molecule has 0 bridgehead atoms. The van der Waals surface area contributed by atoms with Gasteiger partial charge in [0, 0.05) is 16.2 Å². The zero-order chi connectivity index (χ0) is 21.4. The van der Waals surface area contributed by atoms with Crippen LogP contribution >= 0.6 is 11.8 Å². The molecule has 2 aromatic carbocycles. The highest BCUT2D eigenvalue weighted by Crippen LogP contribution is 2.33. The number of aromatic hydroxyl groups is 1. The summed E-state index contributed by atoms with van der Waals surface area (Å²) in [5, 5.41) is 19.1. The van der Waals surface area contributed by atoms with E-state index in [0.717, 1.165) is 6.42 Å². The van der Waals surface area contributed by atoms with Crippen molar-refractivity contribution in [3.05, 3.63) is 52.8 Å². The maximum absolute atomic E-state index is 14.1. The number of carbonyl (C=O) groups excluding carboxylic acids is 1. The second-order valence-electron chi connectivity index (χ2n) is 6.63.